The Kier molecular flexibility index (Phi) is 5.50. The third-order valence-electron chi connectivity index (χ3n) is 3.35. The summed E-state index contributed by atoms with van der Waals surface area (Å²) < 4.78 is 0. The number of aliphatic hydroxyl groups excluding tert-OH is 1. The van der Waals surface area contributed by atoms with Gasteiger partial charge in [-0.05, 0) is 55.0 Å². The van der Waals surface area contributed by atoms with Crippen LogP contribution in [0.3, 0.4) is 0 Å². The van der Waals surface area contributed by atoms with E-state index in [-0.39, 0.29) is 12.6 Å². The summed E-state index contributed by atoms with van der Waals surface area (Å²) in [5, 5.41) is 12.4. The Morgan fingerprint density at radius 2 is 1.70 bits per heavy atom. The first-order chi connectivity index (χ1) is 9.72. The van der Waals surface area contributed by atoms with Crippen molar-refractivity contribution in [2.24, 2.45) is 0 Å². The van der Waals surface area contributed by atoms with Gasteiger partial charge in [-0.25, -0.2) is 0 Å². The smallest absolute Gasteiger partial charge is 0.0485 e. The fourth-order valence-corrected chi connectivity index (χ4v) is 2.53. The third kappa shape index (κ3) is 4.02. The molecule has 0 radical (unpaired) electrons. The molecule has 2 rings (SSSR count). The largest absolute Gasteiger partial charge is 0.396 e. The molecular weight excluding hydrogens is 266 g/mol. The number of rotatable bonds is 6. The van der Waals surface area contributed by atoms with Gasteiger partial charge in [0.1, 0.15) is 0 Å². The maximum atomic E-state index is 8.91. The Balaban J connectivity index is 2.00. The predicted octanol–water partition coefficient (Wildman–Crippen LogP) is 4.12. The van der Waals surface area contributed by atoms with Crippen LogP contribution in [0, 0.1) is 0 Å². The molecule has 0 heterocycles. The number of hydrogen-bond donors (Lipinski definition) is 2. The Hall–Kier alpha value is -1.45. The maximum absolute atomic E-state index is 8.91. The van der Waals surface area contributed by atoms with E-state index < -0.39 is 0 Å². The van der Waals surface area contributed by atoms with E-state index >= 15 is 0 Å². The summed E-state index contributed by atoms with van der Waals surface area (Å²) in [6.45, 7) is 2.36. The van der Waals surface area contributed by atoms with Crippen LogP contribution >= 0.6 is 11.8 Å². The van der Waals surface area contributed by atoms with Crippen LogP contribution in [0.4, 0.5) is 5.69 Å². The highest BCUT2D eigenvalue weighted by Crippen LogP contribution is 2.22. The number of aliphatic hydroxyl groups is 1. The molecule has 2 aromatic rings. The highest BCUT2D eigenvalue weighted by atomic mass is 32.2. The van der Waals surface area contributed by atoms with E-state index in [1.165, 1.54) is 10.5 Å². The average Bonchev–Trinajstić information content (AvgIpc) is 2.49. The summed E-state index contributed by atoms with van der Waals surface area (Å²) in [6, 6.07) is 17.2. The van der Waals surface area contributed by atoms with E-state index in [0.717, 1.165) is 11.3 Å². The minimum atomic E-state index is 0.199. The van der Waals surface area contributed by atoms with Gasteiger partial charge in [-0.15, -0.1) is 11.8 Å². The number of hydrogen-bond acceptors (Lipinski definition) is 3. The van der Waals surface area contributed by atoms with Gasteiger partial charge in [-0.1, -0.05) is 24.3 Å². The van der Waals surface area contributed by atoms with Crippen LogP contribution in [-0.2, 0) is 6.42 Å². The summed E-state index contributed by atoms with van der Waals surface area (Å²) in [6.07, 6.45) is 2.80. The summed E-state index contributed by atoms with van der Waals surface area (Å²) in [5.41, 5.74) is 3.55. The van der Waals surface area contributed by atoms with Gasteiger partial charge >= 0.3 is 0 Å². The highest BCUT2D eigenvalue weighted by Gasteiger charge is 2.05. The summed E-state index contributed by atoms with van der Waals surface area (Å²) in [5.74, 6) is 0. The first-order valence-electron chi connectivity index (χ1n) is 6.83. The van der Waals surface area contributed by atoms with Crippen LogP contribution in [-0.4, -0.2) is 18.0 Å². The maximum Gasteiger partial charge on any atom is 0.0485 e. The van der Waals surface area contributed by atoms with Gasteiger partial charge in [0.25, 0.3) is 0 Å². The van der Waals surface area contributed by atoms with Gasteiger partial charge < -0.3 is 10.4 Å². The Morgan fingerprint density at radius 3 is 2.25 bits per heavy atom. The lowest BCUT2D eigenvalue weighted by molar-refractivity contribution is 0.299. The van der Waals surface area contributed by atoms with Crippen molar-refractivity contribution in [3.63, 3.8) is 0 Å². The van der Waals surface area contributed by atoms with Crippen molar-refractivity contribution in [3.05, 3.63) is 59.7 Å². The third-order valence-corrected chi connectivity index (χ3v) is 4.10. The molecule has 0 aliphatic rings. The molecule has 0 saturated carbocycles. The second-order valence-corrected chi connectivity index (χ2v) is 5.69. The van der Waals surface area contributed by atoms with Crippen LogP contribution in [0.2, 0.25) is 0 Å². The van der Waals surface area contributed by atoms with Crippen molar-refractivity contribution in [1.82, 2.24) is 0 Å². The minimum absolute atomic E-state index is 0.199. The van der Waals surface area contributed by atoms with Gasteiger partial charge in [-0.2, -0.15) is 0 Å². The molecule has 0 spiro atoms. The van der Waals surface area contributed by atoms with E-state index in [1.807, 2.05) is 0 Å². The summed E-state index contributed by atoms with van der Waals surface area (Å²) in [4.78, 5) is 1.29. The monoisotopic (exact) mass is 287 g/mol. The van der Waals surface area contributed by atoms with Crippen molar-refractivity contribution in [3.8, 4) is 0 Å². The van der Waals surface area contributed by atoms with Gasteiger partial charge in [0, 0.05) is 23.2 Å². The van der Waals surface area contributed by atoms with E-state index in [1.54, 1.807) is 11.8 Å². The van der Waals surface area contributed by atoms with Crippen LogP contribution in [0.15, 0.2) is 53.4 Å². The molecular formula is C17H21NOS. The first kappa shape index (κ1) is 14.9. The topological polar surface area (TPSA) is 32.3 Å². The molecule has 2 aromatic carbocycles. The second kappa shape index (κ2) is 7.36. The van der Waals surface area contributed by atoms with Crippen molar-refractivity contribution < 1.29 is 5.11 Å². The molecule has 0 saturated heterocycles. The molecule has 0 fully saturated rings. The van der Waals surface area contributed by atoms with Gasteiger partial charge in [0.2, 0.25) is 0 Å². The van der Waals surface area contributed by atoms with Crippen molar-refractivity contribution in [2.45, 2.75) is 24.3 Å². The molecule has 1 atom stereocenters. The highest BCUT2D eigenvalue weighted by molar-refractivity contribution is 7.98. The fourth-order valence-electron chi connectivity index (χ4n) is 2.12. The molecule has 106 valence electrons. The molecule has 2 N–H and O–H groups in total. The van der Waals surface area contributed by atoms with Crippen LogP contribution in [0.25, 0.3) is 0 Å². The quantitative estimate of drug-likeness (QED) is 0.784. The van der Waals surface area contributed by atoms with Crippen molar-refractivity contribution in [1.29, 1.82) is 0 Å². The van der Waals surface area contributed by atoms with E-state index in [4.69, 9.17) is 5.11 Å². The van der Waals surface area contributed by atoms with Crippen LogP contribution < -0.4 is 5.32 Å². The Bertz CT molecular complexity index is 522. The number of anilines is 1. The number of nitrogens with one attached hydrogen (secondary N) is 1. The minimum Gasteiger partial charge on any atom is -0.396 e. The molecule has 20 heavy (non-hydrogen) atoms. The van der Waals surface area contributed by atoms with Crippen LogP contribution in [0.1, 0.15) is 24.1 Å². The average molecular weight is 287 g/mol. The fraction of sp³-hybridized carbons (Fsp3) is 0.294. The number of thioether (sulfide) groups is 1. The molecule has 0 aliphatic heterocycles. The first-order valence-corrected chi connectivity index (χ1v) is 8.05. The zero-order chi connectivity index (χ0) is 14.4. The van der Waals surface area contributed by atoms with Gasteiger partial charge in [-0.3, -0.25) is 0 Å². The lowest BCUT2D eigenvalue weighted by Gasteiger charge is -2.16. The van der Waals surface area contributed by atoms with Gasteiger partial charge in [0.05, 0.1) is 0 Å². The molecule has 2 nitrogen and oxygen atoms in total. The lowest BCUT2D eigenvalue weighted by Crippen LogP contribution is -2.06. The normalized spacial score (nSPS) is 12.2. The molecule has 0 aliphatic carbocycles. The predicted molar refractivity (Wildman–Crippen MR) is 87.5 cm³/mol. The molecule has 3 heteroatoms. The SMILES string of the molecule is CSc1ccc(C(C)Nc2ccc(CCO)cc2)cc1. The molecule has 0 amide bonds. The molecule has 0 aromatic heterocycles. The van der Waals surface area contributed by atoms with Crippen LogP contribution in [0.5, 0.6) is 0 Å². The van der Waals surface area contributed by atoms with E-state index in [0.29, 0.717) is 6.42 Å². The van der Waals surface area contributed by atoms with Gasteiger partial charge in [0.15, 0.2) is 0 Å². The molecule has 1 unspecified atom stereocenters. The second-order valence-electron chi connectivity index (χ2n) is 4.81. The van der Waals surface area contributed by atoms with E-state index in [2.05, 4.69) is 67.0 Å². The summed E-state index contributed by atoms with van der Waals surface area (Å²) >= 11 is 1.76. The summed E-state index contributed by atoms with van der Waals surface area (Å²) in [7, 11) is 0. The molecule has 0 bridgehead atoms. The zero-order valence-electron chi connectivity index (χ0n) is 12.0. The van der Waals surface area contributed by atoms with Crippen molar-refractivity contribution >= 4 is 17.4 Å². The zero-order valence-corrected chi connectivity index (χ0v) is 12.8. The lowest BCUT2D eigenvalue weighted by atomic mass is 10.1. The number of benzene rings is 2. The van der Waals surface area contributed by atoms with E-state index in [9.17, 15) is 0 Å². The van der Waals surface area contributed by atoms with Crippen molar-refractivity contribution in [2.75, 3.05) is 18.2 Å². The Morgan fingerprint density at radius 1 is 1.05 bits per heavy atom. The standard InChI is InChI=1S/C17H21NOS/c1-13(15-5-9-17(20-2)10-6-15)18-16-7-3-14(4-8-16)11-12-19/h3-10,13,18-19H,11-12H2,1-2H3. The Labute approximate surface area is 125 Å².